The predicted molar refractivity (Wildman–Crippen MR) is 103 cm³/mol. The minimum Gasteiger partial charge on any atom is -0.493 e. The highest BCUT2D eigenvalue weighted by Crippen LogP contribution is 2.17. The first kappa shape index (κ1) is 20.1. The van der Waals surface area contributed by atoms with Gasteiger partial charge in [0.25, 0.3) is 0 Å². The highest BCUT2D eigenvalue weighted by atomic mass is 79.9. The molecule has 1 rings (SSSR count). The van der Waals surface area contributed by atoms with Crippen LogP contribution in [-0.4, -0.2) is 57.4 Å². The molecule has 130 valence electrons. The van der Waals surface area contributed by atoms with Gasteiger partial charge in [-0.2, -0.15) is 11.8 Å². The number of thioether (sulfide) groups is 1. The Bertz CT molecular complexity index is 461. The first-order chi connectivity index (χ1) is 11.3. The van der Waals surface area contributed by atoms with Crippen molar-refractivity contribution in [2.24, 2.45) is 4.99 Å². The molecule has 0 atom stereocenters. The van der Waals surface area contributed by atoms with Crippen LogP contribution in [0.4, 0.5) is 0 Å². The smallest absolute Gasteiger partial charge is 0.191 e. The van der Waals surface area contributed by atoms with Crippen LogP contribution in [0.1, 0.15) is 6.92 Å². The lowest BCUT2D eigenvalue weighted by molar-refractivity contribution is 0.152. The molecule has 0 spiro atoms. The largest absolute Gasteiger partial charge is 0.493 e. The van der Waals surface area contributed by atoms with Gasteiger partial charge in [-0.05, 0) is 25.1 Å². The number of ether oxygens (including phenoxy) is 2. The van der Waals surface area contributed by atoms with Crippen LogP contribution in [-0.2, 0) is 4.74 Å². The SMILES string of the molecule is CCOCCNC(=NC)NCCSCCOc1cccc(Br)c1. The molecule has 0 unspecified atom stereocenters. The quantitative estimate of drug-likeness (QED) is 0.338. The summed E-state index contributed by atoms with van der Waals surface area (Å²) >= 11 is 5.29. The van der Waals surface area contributed by atoms with Crippen molar-refractivity contribution in [2.75, 3.05) is 51.5 Å². The van der Waals surface area contributed by atoms with Crippen LogP contribution >= 0.6 is 27.7 Å². The number of hydrogen-bond acceptors (Lipinski definition) is 4. The average Bonchev–Trinajstić information content (AvgIpc) is 2.56. The lowest BCUT2D eigenvalue weighted by atomic mass is 10.3. The molecule has 5 nitrogen and oxygen atoms in total. The monoisotopic (exact) mass is 403 g/mol. The summed E-state index contributed by atoms with van der Waals surface area (Å²) in [5, 5.41) is 6.49. The molecule has 0 fully saturated rings. The second-order valence-corrected chi connectivity index (χ2v) is 6.68. The standard InChI is InChI=1S/C16H26BrN3O2S/c1-3-21-9-7-19-16(18-2)20-8-11-23-12-10-22-15-6-4-5-14(17)13-15/h4-6,13H,3,7-12H2,1-2H3,(H2,18,19,20). The minimum absolute atomic E-state index is 0.693. The van der Waals surface area contributed by atoms with Gasteiger partial charge in [0.1, 0.15) is 5.75 Å². The van der Waals surface area contributed by atoms with Crippen molar-refractivity contribution in [2.45, 2.75) is 6.92 Å². The topological polar surface area (TPSA) is 54.9 Å². The highest BCUT2D eigenvalue weighted by Gasteiger charge is 1.98. The Kier molecular flexibility index (Phi) is 11.8. The van der Waals surface area contributed by atoms with Gasteiger partial charge in [-0.1, -0.05) is 22.0 Å². The Labute approximate surface area is 151 Å². The van der Waals surface area contributed by atoms with Crippen LogP contribution in [0.5, 0.6) is 5.75 Å². The van der Waals surface area contributed by atoms with Crippen molar-refractivity contribution >= 4 is 33.7 Å². The number of nitrogens with one attached hydrogen (secondary N) is 2. The first-order valence-corrected chi connectivity index (χ1v) is 9.69. The van der Waals surface area contributed by atoms with Crippen molar-refractivity contribution in [3.8, 4) is 5.75 Å². The van der Waals surface area contributed by atoms with Crippen LogP contribution < -0.4 is 15.4 Å². The molecule has 0 saturated heterocycles. The highest BCUT2D eigenvalue weighted by molar-refractivity contribution is 9.10. The van der Waals surface area contributed by atoms with E-state index in [4.69, 9.17) is 9.47 Å². The van der Waals surface area contributed by atoms with Crippen LogP contribution in [0.3, 0.4) is 0 Å². The molecule has 0 radical (unpaired) electrons. The summed E-state index contributed by atoms with van der Waals surface area (Å²) in [6.07, 6.45) is 0. The summed E-state index contributed by atoms with van der Waals surface area (Å²) in [5.41, 5.74) is 0. The van der Waals surface area contributed by atoms with E-state index in [2.05, 4.69) is 31.6 Å². The molecular formula is C16H26BrN3O2S. The molecule has 1 aromatic carbocycles. The molecule has 0 amide bonds. The van der Waals surface area contributed by atoms with Crippen LogP contribution in [0.2, 0.25) is 0 Å². The molecule has 0 aliphatic heterocycles. The van der Waals surface area contributed by atoms with Gasteiger partial charge in [-0.25, -0.2) is 0 Å². The predicted octanol–water partition coefficient (Wildman–Crippen LogP) is 2.76. The number of guanidine groups is 1. The van der Waals surface area contributed by atoms with E-state index in [0.717, 1.165) is 47.4 Å². The van der Waals surface area contributed by atoms with Gasteiger partial charge >= 0.3 is 0 Å². The third-order valence-corrected chi connectivity index (χ3v) is 4.24. The second kappa shape index (κ2) is 13.5. The maximum Gasteiger partial charge on any atom is 0.191 e. The van der Waals surface area contributed by atoms with E-state index in [9.17, 15) is 0 Å². The summed E-state index contributed by atoms with van der Waals surface area (Å²) in [7, 11) is 1.77. The lowest BCUT2D eigenvalue weighted by Gasteiger charge is -2.11. The molecule has 1 aromatic rings. The number of benzene rings is 1. The second-order valence-electron chi connectivity index (χ2n) is 4.54. The number of aliphatic imine (C=N–C) groups is 1. The summed E-state index contributed by atoms with van der Waals surface area (Å²) in [5.74, 6) is 3.69. The van der Waals surface area contributed by atoms with Crippen molar-refractivity contribution in [1.29, 1.82) is 0 Å². The summed E-state index contributed by atoms with van der Waals surface area (Å²) in [6.45, 7) is 5.77. The fraction of sp³-hybridized carbons (Fsp3) is 0.562. The Hall–Kier alpha value is -0.920. The average molecular weight is 404 g/mol. The van der Waals surface area contributed by atoms with Crippen molar-refractivity contribution < 1.29 is 9.47 Å². The van der Waals surface area contributed by atoms with Gasteiger partial charge in [0, 0.05) is 42.7 Å². The Morgan fingerprint density at radius 1 is 1.22 bits per heavy atom. The van der Waals surface area contributed by atoms with Gasteiger partial charge in [0.05, 0.1) is 13.2 Å². The van der Waals surface area contributed by atoms with Crippen molar-refractivity contribution in [3.05, 3.63) is 28.7 Å². The van der Waals surface area contributed by atoms with E-state index in [-0.39, 0.29) is 0 Å². The van der Waals surface area contributed by atoms with Gasteiger partial charge in [0.15, 0.2) is 5.96 Å². The van der Waals surface area contributed by atoms with Crippen LogP contribution in [0.15, 0.2) is 33.7 Å². The molecule has 0 heterocycles. The summed E-state index contributed by atoms with van der Waals surface area (Å²) < 4.78 is 12.0. The number of hydrogen-bond donors (Lipinski definition) is 2. The first-order valence-electron chi connectivity index (χ1n) is 7.74. The maximum absolute atomic E-state index is 5.69. The molecule has 0 aromatic heterocycles. The van der Waals surface area contributed by atoms with Crippen LogP contribution in [0.25, 0.3) is 0 Å². The number of halogens is 1. The van der Waals surface area contributed by atoms with Gasteiger partial charge < -0.3 is 20.1 Å². The van der Waals surface area contributed by atoms with Crippen molar-refractivity contribution in [1.82, 2.24) is 10.6 Å². The fourth-order valence-electron chi connectivity index (χ4n) is 1.73. The van der Waals surface area contributed by atoms with Crippen LogP contribution in [0, 0.1) is 0 Å². The summed E-state index contributed by atoms with van der Waals surface area (Å²) in [6, 6.07) is 7.90. The van der Waals surface area contributed by atoms with Crippen molar-refractivity contribution in [3.63, 3.8) is 0 Å². The van der Waals surface area contributed by atoms with E-state index in [1.54, 1.807) is 7.05 Å². The third kappa shape index (κ3) is 10.5. The molecule has 23 heavy (non-hydrogen) atoms. The van der Waals surface area contributed by atoms with E-state index in [1.807, 2.05) is 43.0 Å². The lowest BCUT2D eigenvalue weighted by Crippen LogP contribution is -2.39. The zero-order chi connectivity index (χ0) is 16.8. The zero-order valence-corrected chi connectivity index (χ0v) is 16.2. The van der Waals surface area contributed by atoms with Gasteiger partial charge in [0.2, 0.25) is 0 Å². The van der Waals surface area contributed by atoms with Gasteiger partial charge in [-0.15, -0.1) is 0 Å². The Morgan fingerprint density at radius 3 is 2.78 bits per heavy atom. The molecule has 0 aliphatic rings. The zero-order valence-electron chi connectivity index (χ0n) is 13.8. The Balaban J connectivity index is 1.99. The van der Waals surface area contributed by atoms with E-state index < -0.39 is 0 Å². The Morgan fingerprint density at radius 2 is 2.04 bits per heavy atom. The number of nitrogens with zero attached hydrogens (tertiary/aromatic N) is 1. The minimum atomic E-state index is 0.693. The molecule has 2 N–H and O–H groups in total. The van der Waals surface area contributed by atoms with E-state index in [1.165, 1.54) is 0 Å². The van der Waals surface area contributed by atoms with E-state index in [0.29, 0.717) is 13.2 Å². The normalized spacial score (nSPS) is 11.3. The molecule has 0 saturated carbocycles. The fourth-order valence-corrected chi connectivity index (χ4v) is 2.76. The number of rotatable bonds is 11. The van der Waals surface area contributed by atoms with Gasteiger partial charge in [-0.3, -0.25) is 4.99 Å². The summed E-state index contributed by atoms with van der Waals surface area (Å²) in [4.78, 5) is 4.17. The molecular weight excluding hydrogens is 378 g/mol. The third-order valence-electron chi connectivity index (χ3n) is 2.80. The molecule has 0 aliphatic carbocycles. The molecule has 7 heteroatoms. The molecule has 0 bridgehead atoms. The van der Waals surface area contributed by atoms with E-state index >= 15 is 0 Å². The maximum atomic E-state index is 5.69.